The molecule has 0 bridgehead atoms. The van der Waals surface area contributed by atoms with Crippen LogP contribution in [0.1, 0.15) is 25.0 Å². The second-order valence-corrected chi connectivity index (χ2v) is 5.40. The Morgan fingerprint density at radius 1 is 1.05 bits per heavy atom. The van der Waals surface area contributed by atoms with Crippen molar-refractivity contribution in [3.63, 3.8) is 0 Å². The van der Waals surface area contributed by atoms with Crippen LogP contribution in [0.2, 0.25) is 0 Å². The highest BCUT2D eigenvalue weighted by Crippen LogP contribution is 2.53. The maximum Gasteiger partial charge on any atom is 0.430 e. The second-order valence-electron chi connectivity index (χ2n) is 5.40. The minimum atomic E-state index is -5.66. The molecule has 0 amide bonds. The Morgan fingerprint density at radius 3 is 1.91 bits per heavy atom. The molecule has 0 radical (unpaired) electrons. The van der Waals surface area contributed by atoms with Gasteiger partial charge in [0.25, 0.3) is 5.60 Å². The van der Waals surface area contributed by atoms with E-state index < -0.39 is 23.5 Å². The van der Waals surface area contributed by atoms with Gasteiger partial charge >= 0.3 is 12.4 Å². The molecule has 0 saturated heterocycles. The summed E-state index contributed by atoms with van der Waals surface area (Å²) < 4.78 is 83.8. The van der Waals surface area contributed by atoms with Gasteiger partial charge in [0.1, 0.15) is 0 Å². The van der Waals surface area contributed by atoms with E-state index in [2.05, 4.69) is 4.74 Å². The molecule has 1 rings (SSSR count). The SMILES string of the molecule is COC(c1ccc(N)cc1CC(C)C)(C(F)(F)F)C(F)(F)F. The third-order valence-electron chi connectivity index (χ3n) is 3.24. The molecule has 126 valence electrons. The molecule has 0 atom stereocenters. The van der Waals surface area contributed by atoms with Crippen LogP contribution < -0.4 is 5.73 Å². The lowest BCUT2D eigenvalue weighted by Gasteiger charge is -2.37. The molecule has 2 N–H and O–H groups in total. The van der Waals surface area contributed by atoms with Gasteiger partial charge in [0.2, 0.25) is 0 Å². The van der Waals surface area contributed by atoms with Crippen LogP contribution in [0.15, 0.2) is 18.2 Å². The van der Waals surface area contributed by atoms with E-state index in [-0.39, 0.29) is 23.6 Å². The van der Waals surface area contributed by atoms with Gasteiger partial charge in [0, 0.05) is 18.4 Å². The van der Waals surface area contributed by atoms with Crippen LogP contribution in [0, 0.1) is 5.92 Å². The summed E-state index contributed by atoms with van der Waals surface area (Å²) in [4.78, 5) is 0. The fourth-order valence-electron chi connectivity index (χ4n) is 2.37. The van der Waals surface area contributed by atoms with Gasteiger partial charge in [0.15, 0.2) is 0 Å². The van der Waals surface area contributed by atoms with E-state index in [4.69, 9.17) is 5.73 Å². The fourth-order valence-corrected chi connectivity index (χ4v) is 2.37. The van der Waals surface area contributed by atoms with E-state index in [0.717, 1.165) is 18.2 Å². The number of ether oxygens (including phenoxy) is 1. The third kappa shape index (κ3) is 3.16. The third-order valence-corrected chi connectivity index (χ3v) is 3.24. The zero-order valence-electron chi connectivity index (χ0n) is 12.3. The average Bonchev–Trinajstić information content (AvgIpc) is 2.28. The van der Waals surface area contributed by atoms with Gasteiger partial charge < -0.3 is 10.5 Å². The molecule has 0 aliphatic heterocycles. The molecule has 22 heavy (non-hydrogen) atoms. The maximum absolute atomic E-state index is 13.3. The summed E-state index contributed by atoms with van der Waals surface area (Å²) in [7, 11) is 0.399. The van der Waals surface area contributed by atoms with Crippen molar-refractivity contribution in [3.05, 3.63) is 29.3 Å². The molecule has 0 heterocycles. The zero-order valence-corrected chi connectivity index (χ0v) is 12.3. The Labute approximate surface area is 124 Å². The molecule has 0 aromatic heterocycles. The Morgan fingerprint density at radius 2 is 1.55 bits per heavy atom. The van der Waals surface area contributed by atoms with Gasteiger partial charge in [-0.2, -0.15) is 26.3 Å². The van der Waals surface area contributed by atoms with Crippen LogP contribution in [-0.2, 0) is 16.8 Å². The Hall–Kier alpha value is -1.44. The van der Waals surface area contributed by atoms with Gasteiger partial charge in [-0.15, -0.1) is 0 Å². The van der Waals surface area contributed by atoms with Gasteiger partial charge in [0.05, 0.1) is 0 Å². The van der Waals surface area contributed by atoms with Crippen molar-refractivity contribution >= 4 is 5.69 Å². The quantitative estimate of drug-likeness (QED) is 0.655. The second kappa shape index (κ2) is 5.98. The number of rotatable bonds is 4. The molecule has 0 spiro atoms. The van der Waals surface area contributed by atoms with E-state index in [0.29, 0.717) is 7.11 Å². The molecular formula is C14H17F6NO. The first-order valence-corrected chi connectivity index (χ1v) is 6.44. The van der Waals surface area contributed by atoms with Crippen molar-refractivity contribution in [1.82, 2.24) is 0 Å². The van der Waals surface area contributed by atoms with Gasteiger partial charge in [-0.1, -0.05) is 19.9 Å². The lowest BCUT2D eigenvalue weighted by Crippen LogP contribution is -2.55. The lowest BCUT2D eigenvalue weighted by atomic mass is 9.85. The number of nitrogens with two attached hydrogens (primary N) is 1. The topological polar surface area (TPSA) is 35.2 Å². The molecule has 0 aliphatic carbocycles. The van der Waals surface area contributed by atoms with Crippen molar-refractivity contribution in [2.75, 3.05) is 12.8 Å². The number of hydrogen-bond donors (Lipinski definition) is 1. The highest BCUT2D eigenvalue weighted by atomic mass is 19.4. The Bertz CT molecular complexity index is 507. The fraction of sp³-hybridized carbons (Fsp3) is 0.571. The summed E-state index contributed by atoms with van der Waals surface area (Å²) in [6.45, 7) is 3.37. The van der Waals surface area contributed by atoms with Crippen LogP contribution in [0.25, 0.3) is 0 Å². The van der Waals surface area contributed by atoms with E-state index in [1.54, 1.807) is 13.8 Å². The zero-order chi connectivity index (χ0) is 17.3. The molecule has 2 nitrogen and oxygen atoms in total. The predicted octanol–water partition coefficient (Wildman–Crippen LogP) is 4.43. The highest BCUT2D eigenvalue weighted by molar-refractivity contribution is 5.48. The normalized spacial score (nSPS) is 13.7. The summed E-state index contributed by atoms with van der Waals surface area (Å²) in [5.74, 6) is -0.156. The smallest absolute Gasteiger partial charge is 0.399 e. The van der Waals surface area contributed by atoms with E-state index in [1.807, 2.05) is 0 Å². The van der Waals surface area contributed by atoms with Crippen LogP contribution in [0.3, 0.4) is 0 Å². The van der Waals surface area contributed by atoms with Crippen molar-refractivity contribution in [3.8, 4) is 0 Å². The Kier molecular flexibility index (Phi) is 5.06. The first kappa shape index (κ1) is 18.6. The molecule has 0 saturated carbocycles. The Balaban J connectivity index is 3.71. The van der Waals surface area contributed by atoms with E-state index in [9.17, 15) is 26.3 Å². The van der Waals surface area contributed by atoms with Crippen LogP contribution in [0.4, 0.5) is 32.0 Å². The maximum atomic E-state index is 13.3. The largest absolute Gasteiger partial charge is 0.430 e. The molecule has 1 aromatic carbocycles. The van der Waals surface area contributed by atoms with Gasteiger partial charge in [-0.25, -0.2) is 0 Å². The number of nitrogen functional groups attached to an aromatic ring is 1. The van der Waals surface area contributed by atoms with E-state index in [1.165, 1.54) is 0 Å². The molecule has 1 aromatic rings. The number of methoxy groups -OCH3 is 1. The average molecular weight is 329 g/mol. The summed E-state index contributed by atoms with van der Waals surface area (Å²) in [5.41, 5.74) is 0.110. The minimum Gasteiger partial charge on any atom is -0.399 e. The number of benzene rings is 1. The molecular weight excluding hydrogens is 312 g/mol. The summed E-state index contributed by atoms with van der Waals surface area (Å²) in [6, 6.07) is 2.86. The lowest BCUT2D eigenvalue weighted by molar-refractivity contribution is -0.383. The van der Waals surface area contributed by atoms with E-state index >= 15 is 0 Å². The van der Waals surface area contributed by atoms with Crippen molar-refractivity contribution in [2.45, 2.75) is 38.2 Å². The molecule has 8 heteroatoms. The minimum absolute atomic E-state index is 0.0116. The number of halogens is 6. The van der Waals surface area contributed by atoms with Crippen LogP contribution in [-0.4, -0.2) is 19.5 Å². The molecule has 0 aliphatic rings. The summed E-state index contributed by atoms with van der Waals surface area (Å²) in [6.07, 6.45) is -11.3. The summed E-state index contributed by atoms with van der Waals surface area (Å²) in [5, 5.41) is 0. The standard InChI is InChI=1S/C14H17F6NO/c1-8(2)6-9-7-10(21)4-5-11(9)12(22-3,13(15,16)17)14(18,19)20/h4-5,7-8H,6,21H2,1-3H3. The number of alkyl halides is 6. The first-order chi connectivity index (χ1) is 9.86. The van der Waals surface area contributed by atoms with Crippen LogP contribution >= 0.6 is 0 Å². The highest BCUT2D eigenvalue weighted by Gasteiger charge is 2.73. The van der Waals surface area contributed by atoms with Crippen molar-refractivity contribution in [2.24, 2.45) is 5.92 Å². The predicted molar refractivity (Wildman–Crippen MR) is 70.2 cm³/mol. The first-order valence-electron chi connectivity index (χ1n) is 6.44. The molecule has 0 unspecified atom stereocenters. The van der Waals surface area contributed by atoms with Crippen LogP contribution in [0.5, 0.6) is 0 Å². The monoisotopic (exact) mass is 329 g/mol. The number of anilines is 1. The van der Waals surface area contributed by atoms with Crippen molar-refractivity contribution < 1.29 is 31.1 Å². The van der Waals surface area contributed by atoms with Crippen molar-refractivity contribution in [1.29, 1.82) is 0 Å². The van der Waals surface area contributed by atoms with Gasteiger partial charge in [-0.3, -0.25) is 0 Å². The summed E-state index contributed by atoms with van der Waals surface area (Å²) >= 11 is 0. The van der Waals surface area contributed by atoms with Gasteiger partial charge in [-0.05, 0) is 30.0 Å². The number of hydrogen-bond acceptors (Lipinski definition) is 2. The molecule has 0 fully saturated rings.